The van der Waals surface area contributed by atoms with Crippen LogP contribution in [0.4, 0.5) is 0 Å². The van der Waals surface area contributed by atoms with E-state index in [2.05, 4.69) is 24.3 Å². The predicted octanol–water partition coefficient (Wildman–Crippen LogP) is 1.80. The van der Waals surface area contributed by atoms with Crippen LogP contribution in [0.5, 0.6) is 0 Å². The number of ether oxygens (including phenoxy) is 5. The van der Waals surface area contributed by atoms with Gasteiger partial charge in [0.15, 0.2) is 0 Å². The maximum atomic E-state index is 13.5. The summed E-state index contributed by atoms with van der Waals surface area (Å²) in [4.78, 5) is 79.4. The molecule has 1 aliphatic carbocycles. The van der Waals surface area contributed by atoms with Gasteiger partial charge in [-0.25, -0.2) is 0 Å². The molecule has 0 bridgehead atoms. The third-order valence-corrected chi connectivity index (χ3v) is 10.9. The number of carbonyl (C=O) groups excluding carboxylic acids is 5. The topological polar surface area (TPSA) is 200 Å². The molecule has 0 radical (unpaired) electrons. The Morgan fingerprint density at radius 3 is 1.42 bits per heavy atom. The molecule has 2 aromatic rings. The Bertz CT molecular complexity index is 1550. The average molecular weight is 821 g/mol. The van der Waals surface area contributed by atoms with Gasteiger partial charge in [0.1, 0.15) is 0 Å². The second kappa shape index (κ2) is 23.9. The molecule has 3 rings (SSSR count). The lowest BCUT2D eigenvalue weighted by atomic mass is 9.65. The lowest BCUT2D eigenvalue weighted by Crippen LogP contribution is -2.47. The fourth-order valence-electron chi connectivity index (χ4n) is 6.90. The number of rotatable bonds is 24. The molecule has 0 heterocycles. The number of phosphoric acid groups is 1. The maximum absolute atomic E-state index is 13.5. The molecule has 316 valence electrons. The van der Waals surface area contributed by atoms with Gasteiger partial charge in [0, 0.05) is 37.5 Å². The molecule has 0 amide bonds. The molecule has 57 heavy (non-hydrogen) atoms. The lowest BCUT2D eigenvalue weighted by Gasteiger charge is -2.42. The van der Waals surface area contributed by atoms with E-state index in [4.69, 9.17) is 32.7 Å². The van der Waals surface area contributed by atoms with Crippen LogP contribution >= 0.6 is 7.82 Å². The van der Waals surface area contributed by atoms with Gasteiger partial charge in [0.05, 0.1) is 81.0 Å². The minimum Gasteiger partial charge on any atom is -0.756 e. The van der Waals surface area contributed by atoms with E-state index >= 15 is 0 Å². The highest BCUT2D eigenvalue weighted by Crippen LogP contribution is 2.49. The van der Waals surface area contributed by atoms with Crippen molar-refractivity contribution in [2.45, 2.75) is 37.2 Å². The molecule has 1 aliphatic rings. The maximum Gasteiger partial charge on any atom is 0.319 e. The fraction of sp³-hybridized carbons (Fsp3) is 0.564. The summed E-state index contributed by atoms with van der Waals surface area (Å²) in [7, 11) is 1.06. The third-order valence-electron chi connectivity index (χ3n) is 9.85. The smallest absolute Gasteiger partial charge is 0.319 e. The molecule has 2 aromatic carbocycles. The van der Waals surface area contributed by atoms with Gasteiger partial charge in [-0.2, -0.15) is 0 Å². The Labute approximate surface area is 334 Å². The molecule has 0 aromatic heterocycles. The van der Waals surface area contributed by atoms with Gasteiger partial charge in [-0.3, -0.25) is 43.2 Å². The highest BCUT2D eigenvalue weighted by molar-refractivity contribution is 7.45. The number of hydrogen-bond donors (Lipinski definition) is 0. The molecule has 0 aliphatic heterocycles. The molecule has 1 saturated carbocycles. The zero-order valence-electron chi connectivity index (χ0n) is 33.3. The van der Waals surface area contributed by atoms with Gasteiger partial charge in [-0.05, 0) is 36.8 Å². The Balaban J connectivity index is 1.82. The lowest BCUT2D eigenvalue weighted by molar-refractivity contribution is -0.232. The first-order chi connectivity index (χ1) is 27.3. The minimum atomic E-state index is -4.93. The number of methoxy groups -OCH3 is 5. The molecule has 2 unspecified atom stereocenters. The standard InChI is InChI=1S/C39H56N3O14P/c1-50-34(43)24-40(20-21-41(25-35(44)51-2)26-36(45)52-3)22-30(23-42(27-37(46)53-4)28-38(47)54-5)29-55-57(48,49)56-33-16-18-39(19-17-33,31-12-8-6-9-13-31)32-14-10-7-11-15-32/h6-15,30,33H,16-29H2,1-5H3,(H,48,49)/p-1. The van der Waals surface area contributed by atoms with Crippen LogP contribution in [-0.4, -0.2) is 152 Å². The second-order valence-electron chi connectivity index (χ2n) is 13.7. The average Bonchev–Trinajstić information content (AvgIpc) is 3.22. The number of esters is 5. The van der Waals surface area contributed by atoms with E-state index in [1.807, 2.05) is 36.4 Å². The summed E-state index contributed by atoms with van der Waals surface area (Å²) in [6.45, 7) is -1.91. The number of benzene rings is 2. The highest BCUT2D eigenvalue weighted by Gasteiger charge is 2.39. The minimum absolute atomic E-state index is 0.0294. The number of carbonyl (C=O) groups is 5. The van der Waals surface area contributed by atoms with Crippen LogP contribution < -0.4 is 4.89 Å². The van der Waals surface area contributed by atoms with E-state index in [-0.39, 0.29) is 64.3 Å². The first-order valence-electron chi connectivity index (χ1n) is 18.5. The summed E-state index contributed by atoms with van der Waals surface area (Å²) in [6.07, 6.45) is 1.50. The molecule has 1 fully saturated rings. The summed E-state index contributed by atoms with van der Waals surface area (Å²) in [5.74, 6) is -3.95. The van der Waals surface area contributed by atoms with E-state index < -0.39 is 56.3 Å². The first-order valence-corrected chi connectivity index (χ1v) is 20.0. The van der Waals surface area contributed by atoms with Crippen LogP contribution in [-0.2, 0) is 66.7 Å². The monoisotopic (exact) mass is 820 g/mol. The van der Waals surface area contributed by atoms with Gasteiger partial charge < -0.3 is 37.6 Å². The molecule has 18 heteroatoms. The summed E-state index contributed by atoms with van der Waals surface area (Å²) >= 11 is 0. The Morgan fingerprint density at radius 2 is 1.00 bits per heavy atom. The van der Waals surface area contributed by atoms with E-state index in [1.165, 1.54) is 45.3 Å². The van der Waals surface area contributed by atoms with Crippen molar-refractivity contribution in [1.82, 2.24) is 14.7 Å². The van der Waals surface area contributed by atoms with E-state index in [9.17, 15) is 33.4 Å². The van der Waals surface area contributed by atoms with Crippen LogP contribution in [0.3, 0.4) is 0 Å². The molecular formula is C39H55N3O14P-. The molecular weight excluding hydrogens is 765 g/mol. The second-order valence-corrected chi connectivity index (χ2v) is 15.1. The SMILES string of the molecule is COC(=O)CN(CCN(CC(=O)OC)CC(COP(=O)([O-])OC1CCC(c2ccccc2)(c2ccccc2)CC1)CN(CC(=O)OC)CC(=O)OC)CC(=O)OC. The van der Waals surface area contributed by atoms with Crippen molar-refractivity contribution in [3.8, 4) is 0 Å². The summed E-state index contributed by atoms with van der Waals surface area (Å²) in [5.41, 5.74) is 1.95. The van der Waals surface area contributed by atoms with E-state index in [1.54, 1.807) is 4.90 Å². The van der Waals surface area contributed by atoms with Gasteiger partial charge in [-0.15, -0.1) is 0 Å². The van der Waals surface area contributed by atoms with Crippen LogP contribution in [0, 0.1) is 5.92 Å². The quantitative estimate of drug-likeness (QED) is 0.0843. The fourth-order valence-corrected chi connectivity index (χ4v) is 7.93. The summed E-state index contributed by atoms with van der Waals surface area (Å²) in [6, 6.07) is 20.2. The zero-order chi connectivity index (χ0) is 41.8. The molecule has 0 spiro atoms. The summed E-state index contributed by atoms with van der Waals surface area (Å²) in [5, 5.41) is 0. The van der Waals surface area contributed by atoms with E-state index in [0.717, 1.165) is 11.1 Å². The molecule has 0 saturated heterocycles. The van der Waals surface area contributed by atoms with E-state index in [0.29, 0.717) is 25.7 Å². The van der Waals surface area contributed by atoms with Crippen molar-refractivity contribution >= 4 is 37.7 Å². The van der Waals surface area contributed by atoms with Crippen molar-refractivity contribution in [3.05, 3.63) is 71.8 Å². The third kappa shape index (κ3) is 15.9. The van der Waals surface area contributed by atoms with Crippen LogP contribution in [0.25, 0.3) is 0 Å². The largest absolute Gasteiger partial charge is 0.756 e. The van der Waals surface area contributed by atoms with Gasteiger partial charge in [0.25, 0.3) is 7.82 Å². The van der Waals surface area contributed by atoms with Crippen molar-refractivity contribution in [1.29, 1.82) is 0 Å². The molecule has 17 nitrogen and oxygen atoms in total. The molecule has 2 atom stereocenters. The van der Waals surface area contributed by atoms with Crippen LogP contribution in [0.1, 0.15) is 36.8 Å². The highest BCUT2D eigenvalue weighted by atomic mass is 31.2. The number of phosphoric ester groups is 1. The molecule has 0 N–H and O–H groups in total. The van der Waals surface area contributed by atoms with Crippen LogP contribution in [0.15, 0.2) is 60.7 Å². The Hall–Kier alpha value is -4.22. The number of nitrogens with zero attached hydrogens (tertiary/aromatic N) is 3. The van der Waals surface area contributed by atoms with Gasteiger partial charge >= 0.3 is 29.8 Å². The number of hydrogen-bond acceptors (Lipinski definition) is 17. The van der Waals surface area contributed by atoms with Crippen molar-refractivity contribution < 1.29 is 66.2 Å². The summed E-state index contributed by atoms with van der Waals surface area (Å²) < 4.78 is 48.7. The Morgan fingerprint density at radius 1 is 0.632 bits per heavy atom. The normalized spacial score (nSPS) is 15.7. The van der Waals surface area contributed by atoms with Crippen molar-refractivity contribution in [2.24, 2.45) is 5.92 Å². The van der Waals surface area contributed by atoms with Gasteiger partial charge in [-0.1, -0.05) is 60.7 Å². The predicted molar refractivity (Wildman–Crippen MR) is 203 cm³/mol. The van der Waals surface area contributed by atoms with Crippen molar-refractivity contribution in [3.63, 3.8) is 0 Å². The van der Waals surface area contributed by atoms with Crippen LogP contribution in [0.2, 0.25) is 0 Å². The Kier molecular flexibility index (Phi) is 19.8. The first kappa shape index (κ1) is 47.2. The van der Waals surface area contributed by atoms with Gasteiger partial charge in [0.2, 0.25) is 0 Å². The van der Waals surface area contributed by atoms with Crippen molar-refractivity contribution in [2.75, 3.05) is 101 Å². The zero-order valence-corrected chi connectivity index (χ0v) is 34.2.